The Morgan fingerprint density at radius 1 is 1.02 bits per heavy atom. The first-order valence-corrected chi connectivity index (χ1v) is 14.9. The topological polar surface area (TPSA) is 87.5 Å². The quantitative estimate of drug-likeness (QED) is 0.180. The third-order valence-corrected chi connectivity index (χ3v) is 8.34. The molecule has 4 aromatic rings. The molecular formula is C35H36ClNO4S. The molecule has 0 unspecified atom stereocenters. The maximum absolute atomic E-state index is 11.6. The molecule has 1 fully saturated rings. The molecule has 5 rings (SSSR count). The second-order valence-electron chi connectivity index (χ2n) is 11.8. The smallest absolute Gasteiger partial charge is 0.303 e. The van der Waals surface area contributed by atoms with Crippen molar-refractivity contribution in [3.8, 4) is 0 Å². The Labute approximate surface area is 257 Å². The molecule has 1 aromatic heterocycles. The van der Waals surface area contributed by atoms with E-state index in [1.165, 1.54) is 5.56 Å². The lowest BCUT2D eigenvalue weighted by Crippen LogP contribution is -2.19. The molecule has 0 radical (unpaired) electrons. The first-order chi connectivity index (χ1) is 20.1. The second kappa shape index (κ2) is 13.7. The van der Waals surface area contributed by atoms with Crippen LogP contribution in [0.25, 0.3) is 23.1 Å². The van der Waals surface area contributed by atoms with Crippen molar-refractivity contribution in [3.63, 3.8) is 0 Å². The molecule has 2 N–H and O–H groups in total. The molecule has 0 bridgehead atoms. The minimum Gasteiger partial charge on any atom is -0.481 e. The number of pyridine rings is 1. The van der Waals surface area contributed by atoms with Crippen LogP contribution in [0, 0.1) is 5.41 Å². The third-order valence-electron chi connectivity index (χ3n) is 8.11. The standard InChI is InChI=1S/C35H36ClNO3.OS/c1-34(2,40)31-9-4-3-7-25(31)11-12-28(22-35(18-19-35)23-33(38)39)27-8-5-6-24(20-27)10-16-30-17-14-26-13-15-29(36)21-32(26)37-30;1-2/h3-10,13-17,20-21,28,40H,11-12,18-19,22-23H2,1-2H3,(H,38,39);/b16-10+;/t28-;/m0./s1. The third kappa shape index (κ3) is 8.31. The van der Waals surface area contributed by atoms with Crippen molar-refractivity contribution in [2.24, 2.45) is 5.41 Å². The van der Waals surface area contributed by atoms with Crippen LogP contribution in [0.1, 0.15) is 79.8 Å². The van der Waals surface area contributed by atoms with E-state index >= 15 is 0 Å². The van der Waals surface area contributed by atoms with Crippen LogP contribution in [0.4, 0.5) is 0 Å². The summed E-state index contributed by atoms with van der Waals surface area (Å²) in [6, 6.07) is 26.4. The van der Waals surface area contributed by atoms with Crippen LogP contribution < -0.4 is 0 Å². The zero-order valence-corrected chi connectivity index (χ0v) is 25.5. The van der Waals surface area contributed by atoms with Crippen LogP contribution >= 0.6 is 11.6 Å². The highest BCUT2D eigenvalue weighted by molar-refractivity contribution is 7.44. The van der Waals surface area contributed by atoms with Crippen molar-refractivity contribution < 1.29 is 19.2 Å². The number of aliphatic carboxylic acids is 1. The molecule has 0 amide bonds. The molecule has 0 saturated heterocycles. The van der Waals surface area contributed by atoms with Gasteiger partial charge < -0.3 is 10.2 Å². The highest BCUT2D eigenvalue weighted by Gasteiger charge is 2.45. The fourth-order valence-corrected chi connectivity index (χ4v) is 5.99. The minimum atomic E-state index is -0.917. The Balaban J connectivity index is 0.00000198. The van der Waals surface area contributed by atoms with Crippen molar-refractivity contribution in [1.29, 1.82) is 0 Å². The fraction of sp³-hybridized carbons (Fsp3) is 0.314. The van der Waals surface area contributed by atoms with Crippen molar-refractivity contribution in [1.82, 2.24) is 4.98 Å². The zero-order valence-electron chi connectivity index (χ0n) is 23.9. The molecular weight excluding hydrogens is 566 g/mol. The summed E-state index contributed by atoms with van der Waals surface area (Å²) < 4.78 is 7.83. The van der Waals surface area contributed by atoms with Crippen LogP contribution in [-0.2, 0) is 29.3 Å². The molecule has 0 spiro atoms. The summed E-state index contributed by atoms with van der Waals surface area (Å²) in [4.78, 5) is 16.4. The average Bonchev–Trinajstić information content (AvgIpc) is 3.72. The van der Waals surface area contributed by atoms with E-state index in [-0.39, 0.29) is 17.8 Å². The van der Waals surface area contributed by atoms with E-state index in [0.29, 0.717) is 5.02 Å². The molecule has 1 atom stereocenters. The maximum Gasteiger partial charge on any atom is 0.303 e. The largest absolute Gasteiger partial charge is 0.481 e. The lowest BCUT2D eigenvalue weighted by Gasteiger charge is -2.25. The number of hydrogen-bond acceptors (Lipinski definition) is 5. The van der Waals surface area contributed by atoms with Gasteiger partial charge in [-0.15, -0.1) is 0 Å². The lowest BCUT2D eigenvalue weighted by atomic mass is 9.80. The Morgan fingerprint density at radius 3 is 2.48 bits per heavy atom. The van der Waals surface area contributed by atoms with E-state index in [9.17, 15) is 15.0 Å². The molecule has 5 nitrogen and oxygen atoms in total. The molecule has 218 valence electrons. The number of aliphatic hydroxyl groups is 1. The van der Waals surface area contributed by atoms with Gasteiger partial charge in [-0.05, 0) is 104 Å². The summed E-state index contributed by atoms with van der Waals surface area (Å²) in [5.74, 6) is -0.504. The van der Waals surface area contributed by atoms with Crippen molar-refractivity contribution in [2.45, 2.75) is 63.9 Å². The summed E-state index contributed by atoms with van der Waals surface area (Å²) in [7, 11) is 0. The number of carbonyl (C=O) groups is 1. The number of carboxylic acid groups (broad SMARTS) is 1. The van der Waals surface area contributed by atoms with E-state index < -0.39 is 11.6 Å². The molecule has 1 aliphatic rings. The fourth-order valence-electron chi connectivity index (χ4n) is 5.82. The summed E-state index contributed by atoms with van der Waals surface area (Å²) in [6.07, 6.45) is 8.80. The molecule has 42 heavy (non-hydrogen) atoms. The van der Waals surface area contributed by atoms with Crippen LogP contribution in [-0.4, -0.2) is 25.4 Å². The first kappa shape index (κ1) is 31.5. The van der Waals surface area contributed by atoms with Gasteiger partial charge in [-0.25, -0.2) is 4.98 Å². The number of aryl methyl sites for hydroxylation is 1. The molecule has 3 aromatic carbocycles. The second-order valence-corrected chi connectivity index (χ2v) is 12.2. The number of carboxylic acids is 1. The molecule has 1 heterocycles. The van der Waals surface area contributed by atoms with Gasteiger partial charge in [0, 0.05) is 10.4 Å². The Bertz CT molecular complexity index is 1580. The van der Waals surface area contributed by atoms with Gasteiger partial charge >= 0.3 is 5.97 Å². The summed E-state index contributed by atoms with van der Waals surface area (Å²) in [5, 5.41) is 22.0. The van der Waals surface area contributed by atoms with Crippen LogP contribution in [0.3, 0.4) is 0 Å². The van der Waals surface area contributed by atoms with Crippen LogP contribution in [0.5, 0.6) is 0 Å². The van der Waals surface area contributed by atoms with Gasteiger partial charge in [0.15, 0.2) is 12.5 Å². The van der Waals surface area contributed by atoms with E-state index in [1.54, 1.807) is 0 Å². The van der Waals surface area contributed by atoms with E-state index in [2.05, 4.69) is 48.9 Å². The zero-order chi connectivity index (χ0) is 30.3. The average molecular weight is 602 g/mol. The van der Waals surface area contributed by atoms with Crippen molar-refractivity contribution in [3.05, 3.63) is 112 Å². The van der Waals surface area contributed by atoms with Crippen molar-refractivity contribution >= 4 is 53.2 Å². The number of fused-ring (bicyclic) bond motifs is 1. The monoisotopic (exact) mass is 601 g/mol. The number of rotatable bonds is 11. The molecule has 7 heteroatoms. The number of benzene rings is 3. The van der Waals surface area contributed by atoms with Crippen molar-refractivity contribution in [2.75, 3.05) is 0 Å². The van der Waals surface area contributed by atoms with Gasteiger partial charge in [-0.3, -0.25) is 4.79 Å². The van der Waals surface area contributed by atoms with Gasteiger partial charge in [-0.1, -0.05) is 78.3 Å². The SMILES string of the molecule is CC(C)(O)c1ccccc1CC[C@@H](CC1(CC(=O)O)CC1)c1cccc(/C=C/c2ccc3ccc(Cl)cc3n2)c1.O=S. The number of halogens is 1. The Hall–Kier alpha value is -3.45. The van der Waals surface area contributed by atoms with Crippen LogP contribution in [0.2, 0.25) is 5.02 Å². The minimum absolute atomic E-state index is 0.117. The van der Waals surface area contributed by atoms with E-state index in [4.69, 9.17) is 20.8 Å². The summed E-state index contributed by atoms with van der Waals surface area (Å²) in [6.45, 7) is 3.65. The van der Waals surface area contributed by atoms with Gasteiger partial charge in [0.2, 0.25) is 0 Å². The van der Waals surface area contributed by atoms with Gasteiger partial charge in [0.1, 0.15) is 0 Å². The van der Waals surface area contributed by atoms with Gasteiger partial charge in [0.25, 0.3) is 0 Å². The normalized spacial score (nSPS) is 14.8. The van der Waals surface area contributed by atoms with Gasteiger partial charge in [0.05, 0.1) is 23.2 Å². The highest BCUT2D eigenvalue weighted by Crippen LogP contribution is 2.55. The lowest BCUT2D eigenvalue weighted by molar-refractivity contribution is -0.138. The molecule has 0 aliphatic heterocycles. The number of nitrogens with zero attached hydrogens (tertiary/aromatic N) is 1. The maximum atomic E-state index is 11.6. The Morgan fingerprint density at radius 2 is 1.76 bits per heavy atom. The first-order valence-electron chi connectivity index (χ1n) is 14.1. The van der Waals surface area contributed by atoms with E-state index in [1.807, 2.05) is 68.5 Å². The molecule has 1 saturated carbocycles. The molecule has 1 aliphatic carbocycles. The summed E-state index contributed by atoms with van der Waals surface area (Å²) >= 11 is 8.99. The van der Waals surface area contributed by atoms with Crippen LogP contribution in [0.15, 0.2) is 78.9 Å². The Kier molecular flexibility index (Phi) is 10.3. The number of aromatic nitrogens is 1. The predicted molar refractivity (Wildman–Crippen MR) is 172 cm³/mol. The van der Waals surface area contributed by atoms with Gasteiger partial charge in [-0.2, -0.15) is 4.21 Å². The van der Waals surface area contributed by atoms with E-state index in [0.717, 1.165) is 65.4 Å². The highest BCUT2D eigenvalue weighted by atomic mass is 35.5. The number of hydrogen-bond donors (Lipinski definition) is 2. The summed E-state index contributed by atoms with van der Waals surface area (Å²) in [5.41, 5.74) is 5.08. The predicted octanol–water partition coefficient (Wildman–Crippen LogP) is 8.31.